The second kappa shape index (κ2) is 6.42. The number of rotatable bonds is 6. The van der Waals surface area contributed by atoms with E-state index in [9.17, 15) is 8.42 Å². The first-order valence-corrected chi connectivity index (χ1v) is 9.63. The van der Waals surface area contributed by atoms with E-state index in [4.69, 9.17) is 13.7 Å². The highest BCUT2D eigenvalue weighted by Gasteiger charge is 2.54. The fourth-order valence-corrected chi connectivity index (χ4v) is 4.54. The number of hydrogen-bond acceptors (Lipinski definition) is 5. The molecule has 1 saturated carbocycles. The van der Waals surface area contributed by atoms with E-state index in [2.05, 4.69) is 13.8 Å². The quantitative estimate of drug-likeness (QED) is 0.588. The molecule has 0 spiro atoms. The van der Waals surface area contributed by atoms with Crippen molar-refractivity contribution in [1.82, 2.24) is 0 Å². The van der Waals surface area contributed by atoms with Crippen LogP contribution in [0.1, 0.15) is 44.6 Å². The zero-order valence-electron chi connectivity index (χ0n) is 13.8. The summed E-state index contributed by atoms with van der Waals surface area (Å²) in [6, 6.07) is 7.31. The Balaban J connectivity index is 1.68. The van der Waals surface area contributed by atoms with Gasteiger partial charge < -0.3 is 13.7 Å². The van der Waals surface area contributed by atoms with Gasteiger partial charge in [-0.2, -0.15) is 8.42 Å². The first kappa shape index (κ1) is 16.7. The van der Waals surface area contributed by atoms with Gasteiger partial charge in [-0.3, -0.25) is 0 Å². The maximum Gasteiger partial charge on any atom is 0.312 e. The molecule has 1 aromatic carbocycles. The van der Waals surface area contributed by atoms with Crippen LogP contribution in [0.4, 0.5) is 0 Å². The minimum absolute atomic E-state index is 0.00939. The summed E-state index contributed by atoms with van der Waals surface area (Å²) in [6.07, 6.45) is 1.83. The van der Waals surface area contributed by atoms with Crippen molar-refractivity contribution in [1.29, 1.82) is 0 Å². The number of ether oxygens (including phenoxy) is 2. The lowest BCUT2D eigenvalue weighted by Gasteiger charge is -2.24. The Hall–Kier alpha value is -1.11. The molecular formula is C17H24O5S. The van der Waals surface area contributed by atoms with Crippen LogP contribution in [0.3, 0.4) is 0 Å². The Kier molecular flexibility index (Phi) is 4.67. The van der Waals surface area contributed by atoms with Crippen LogP contribution in [0.5, 0.6) is 5.75 Å². The molecule has 1 aliphatic carbocycles. The lowest BCUT2D eigenvalue weighted by molar-refractivity contribution is 0.0668. The van der Waals surface area contributed by atoms with E-state index >= 15 is 0 Å². The van der Waals surface area contributed by atoms with E-state index in [0.717, 1.165) is 6.42 Å². The summed E-state index contributed by atoms with van der Waals surface area (Å²) in [6.45, 7) is 4.27. The van der Waals surface area contributed by atoms with Gasteiger partial charge in [0.1, 0.15) is 17.1 Å². The van der Waals surface area contributed by atoms with Crippen LogP contribution in [-0.2, 0) is 19.6 Å². The van der Waals surface area contributed by atoms with Crippen LogP contribution in [0, 0.1) is 0 Å². The summed E-state index contributed by atoms with van der Waals surface area (Å²) < 4.78 is 41.2. The molecule has 0 radical (unpaired) electrons. The molecule has 5 unspecified atom stereocenters. The predicted molar refractivity (Wildman–Crippen MR) is 87.2 cm³/mol. The van der Waals surface area contributed by atoms with Gasteiger partial charge in [0, 0.05) is 7.11 Å². The first-order valence-electron chi connectivity index (χ1n) is 8.16. The summed E-state index contributed by atoms with van der Waals surface area (Å²) in [5.74, 6) is 0.815. The molecule has 0 N–H and O–H groups in total. The molecule has 2 fully saturated rings. The minimum atomic E-state index is -3.68. The van der Waals surface area contributed by atoms with Gasteiger partial charge >= 0.3 is 10.1 Å². The van der Waals surface area contributed by atoms with Gasteiger partial charge in [-0.15, -0.1) is 0 Å². The van der Waals surface area contributed by atoms with Crippen LogP contribution in [0.15, 0.2) is 24.3 Å². The van der Waals surface area contributed by atoms with Gasteiger partial charge in [0.2, 0.25) is 0 Å². The fraction of sp³-hybridized carbons (Fsp3) is 0.647. The van der Waals surface area contributed by atoms with Gasteiger partial charge in [0.15, 0.2) is 0 Å². The Morgan fingerprint density at radius 3 is 2.57 bits per heavy atom. The standard InChI is InChI=1S/C17H24O5S/c1-4-11(2)12-5-7-13(8-6-12)22-23(18,19)14-9-15(20-3)17-16(10-14)21-17/h5-8,11,14-17H,4,9-10H2,1-3H3. The third-order valence-corrected chi connectivity index (χ3v) is 6.59. The van der Waals surface area contributed by atoms with E-state index in [-0.39, 0.29) is 18.3 Å². The molecule has 1 heterocycles. The van der Waals surface area contributed by atoms with Gasteiger partial charge in [0.05, 0.1) is 12.2 Å². The third kappa shape index (κ3) is 3.54. The zero-order chi connectivity index (χ0) is 16.6. The van der Waals surface area contributed by atoms with E-state index < -0.39 is 15.4 Å². The SMILES string of the molecule is CCC(C)c1ccc(OS(=O)(=O)C2CC(OC)C3OC3C2)cc1. The summed E-state index contributed by atoms with van der Waals surface area (Å²) in [7, 11) is -2.09. The Morgan fingerprint density at radius 2 is 1.96 bits per heavy atom. The molecule has 5 atom stereocenters. The smallest absolute Gasteiger partial charge is 0.312 e. The van der Waals surface area contributed by atoms with Crippen molar-refractivity contribution in [3.8, 4) is 5.75 Å². The number of methoxy groups -OCH3 is 1. The molecule has 23 heavy (non-hydrogen) atoms. The molecule has 5 nitrogen and oxygen atoms in total. The van der Waals surface area contributed by atoms with Crippen molar-refractivity contribution >= 4 is 10.1 Å². The van der Waals surface area contributed by atoms with Crippen molar-refractivity contribution in [3.63, 3.8) is 0 Å². The van der Waals surface area contributed by atoms with Gasteiger partial charge in [-0.25, -0.2) is 0 Å². The highest BCUT2D eigenvalue weighted by atomic mass is 32.2. The van der Waals surface area contributed by atoms with Crippen LogP contribution in [0.25, 0.3) is 0 Å². The summed E-state index contributed by atoms with van der Waals surface area (Å²) in [5.41, 5.74) is 1.18. The highest BCUT2D eigenvalue weighted by Crippen LogP contribution is 2.41. The van der Waals surface area contributed by atoms with Crippen molar-refractivity contribution in [2.45, 2.75) is 62.6 Å². The zero-order valence-corrected chi connectivity index (χ0v) is 14.6. The highest BCUT2D eigenvalue weighted by molar-refractivity contribution is 7.87. The predicted octanol–water partition coefficient (Wildman–Crippen LogP) is 2.85. The van der Waals surface area contributed by atoms with Crippen molar-refractivity contribution in [2.75, 3.05) is 7.11 Å². The maximum atomic E-state index is 12.5. The Bertz CT molecular complexity index is 639. The largest absolute Gasteiger partial charge is 0.382 e. The molecule has 3 rings (SSSR count). The van der Waals surface area contributed by atoms with Crippen molar-refractivity contribution in [3.05, 3.63) is 29.8 Å². The topological polar surface area (TPSA) is 65.1 Å². The first-order chi connectivity index (χ1) is 10.9. The molecule has 6 heteroatoms. The summed E-state index contributed by atoms with van der Waals surface area (Å²) in [5, 5.41) is -0.578. The van der Waals surface area contributed by atoms with Crippen LogP contribution in [0.2, 0.25) is 0 Å². The van der Waals surface area contributed by atoms with Gasteiger partial charge in [-0.1, -0.05) is 26.0 Å². The molecule has 0 amide bonds. The van der Waals surface area contributed by atoms with Crippen LogP contribution >= 0.6 is 0 Å². The summed E-state index contributed by atoms with van der Waals surface area (Å²) >= 11 is 0. The molecule has 2 aliphatic rings. The second-order valence-electron chi connectivity index (χ2n) is 6.46. The van der Waals surface area contributed by atoms with E-state index in [1.54, 1.807) is 19.2 Å². The number of benzene rings is 1. The number of epoxide rings is 1. The molecule has 0 bridgehead atoms. The fourth-order valence-electron chi connectivity index (χ4n) is 3.18. The number of fused-ring (bicyclic) bond motifs is 1. The van der Waals surface area contributed by atoms with Crippen LogP contribution in [-0.4, -0.2) is 39.1 Å². The second-order valence-corrected chi connectivity index (χ2v) is 8.28. The van der Waals surface area contributed by atoms with Crippen molar-refractivity contribution in [2.24, 2.45) is 0 Å². The lowest BCUT2D eigenvalue weighted by atomic mass is 9.97. The molecular weight excluding hydrogens is 316 g/mol. The van der Waals surface area contributed by atoms with E-state index in [0.29, 0.717) is 24.5 Å². The molecule has 1 aromatic rings. The van der Waals surface area contributed by atoms with Crippen molar-refractivity contribution < 1.29 is 22.1 Å². The van der Waals surface area contributed by atoms with Gasteiger partial charge in [-0.05, 0) is 42.9 Å². The summed E-state index contributed by atoms with van der Waals surface area (Å²) in [4.78, 5) is 0. The van der Waals surface area contributed by atoms with E-state index in [1.165, 1.54) is 5.56 Å². The molecule has 1 saturated heterocycles. The maximum absolute atomic E-state index is 12.5. The van der Waals surface area contributed by atoms with E-state index in [1.807, 2.05) is 12.1 Å². The number of hydrogen-bond donors (Lipinski definition) is 0. The molecule has 1 aliphatic heterocycles. The average Bonchev–Trinajstić information content (AvgIpc) is 3.33. The average molecular weight is 340 g/mol. The monoisotopic (exact) mass is 340 g/mol. The minimum Gasteiger partial charge on any atom is -0.382 e. The molecule has 0 aromatic heterocycles. The molecule has 128 valence electrons. The third-order valence-electron chi connectivity index (χ3n) is 4.96. The van der Waals surface area contributed by atoms with Crippen LogP contribution < -0.4 is 4.18 Å². The Labute approximate surface area is 138 Å². The Morgan fingerprint density at radius 1 is 1.26 bits per heavy atom. The lowest BCUT2D eigenvalue weighted by Crippen LogP contribution is -2.38. The van der Waals surface area contributed by atoms with Gasteiger partial charge in [0.25, 0.3) is 0 Å². The normalized spacial score (nSPS) is 31.3.